The van der Waals surface area contributed by atoms with E-state index >= 15 is 0 Å². The molecule has 0 radical (unpaired) electrons. The first-order valence-electron chi connectivity index (χ1n) is 12.4. The summed E-state index contributed by atoms with van der Waals surface area (Å²) in [6.45, 7) is 7.48. The number of quaternary nitrogens is 1. The Morgan fingerprint density at radius 3 is 1.38 bits per heavy atom. The van der Waals surface area contributed by atoms with Crippen molar-refractivity contribution >= 4 is 17.9 Å². The van der Waals surface area contributed by atoms with Crippen molar-refractivity contribution in [2.75, 3.05) is 6.54 Å². The van der Waals surface area contributed by atoms with Crippen LogP contribution in [0.15, 0.2) is 12.2 Å². The topological polar surface area (TPSA) is 112 Å². The van der Waals surface area contributed by atoms with Gasteiger partial charge in [-0.1, -0.05) is 72.0 Å². The predicted octanol–water partition coefficient (Wildman–Crippen LogP) is 5.48. The lowest BCUT2D eigenvalue weighted by atomic mass is 9.94. The third-order valence-electron chi connectivity index (χ3n) is 6.56. The van der Waals surface area contributed by atoms with Crippen molar-refractivity contribution in [3.05, 3.63) is 12.2 Å². The molecule has 3 N–H and O–H groups in total. The van der Waals surface area contributed by atoms with Crippen LogP contribution in [0.3, 0.4) is 0 Å². The third-order valence-corrected chi connectivity index (χ3v) is 6.56. The Kier molecular flexibility index (Phi) is 15.7. The standard InChI is InChI=1S/C25H45NO6/c1-5-9-10-11-12-13-14-15-16-17-18-19-26(20(6-2)23(27)28,21(7-3)24(29)30)22(8-4)25(31)32/h15-16,20-22H,5-14,17-19H2,1-4H3,(H2-,27,28,29,30,31,32)/p+1/b16-15+. The maximum absolute atomic E-state index is 12.1. The van der Waals surface area contributed by atoms with E-state index < -0.39 is 40.5 Å². The van der Waals surface area contributed by atoms with E-state index in [9.17, 15) is 29.7 Å². The lowest BCUT2D eigenvalue weighted by Crippen LogP contribution is -2.72. The van der Waals surface area contributed by atoms with Crippen molar-refractivity contribution in [2.45, 2.75) is 123 Å². The molecule has 0 spiro atoms. The van der Waals surface area contributed by atoms with Crippen LogP contribution in [0.2, 0.25) is 0 Å². The molecule has 0 amide bonds. The molecule has 0 aromatic heterocycles. The number of allylic oxidation sites excluding steroid dienone is 2. The second kappa shape index (κ2) is 16.7. The van der Waals surface area contributed by atoms with Crippen molar-refractivity contribution in [1.82, 2.24) is 0 Å². The zero-order valence-corrected chi connectivity index (χ0v) is 20.6. The van der Waals surface area contributed by atoms with Crippen LogP contribution in [0.1, 0.15) is 105 Å². The molecule has 0 bridgehead atoms. The molecule has 7 heteroatoms. The molecule has 0 aliphatic rings. The van der Waals surface area contributed by atoms with E-state index in [2.05, 4.69) is 19.1 Å². The monoisotopic (exact) mass is 456 g/mol. The average Bonchev–Trinajstić information content (AvgIpc) is 2.72. The number of carbonyl (C=O) groups is 3. The van der Waals surface area contributed by atoms with E-state index in [0.29, 0.717) is 12.8 Å². The smallest absolute Gasteiger partial charge is 0.362 e. The molecule has 186 valence electrons. The Morgan fingerprint density at radius 2 is 1.00 bits per heavy atom. The van der Waals surface area contributed by atoms with Gasteiger partial charge in [-0.15, -0.1) is 0 Å². The molecule has 0 saturated heterocycles. The van der Waals surface area contributed by atoms with Crippen LogP contribution >= 0.6 is 0 Å². The van der Waals surface area contributed by atoms with Crippen molar-refractivity contribution in [2.24, 2.45) is 0 Å². The molecular formula is C25H46NO6+. The summed E-state index contributed by atoms with van der Waals surface area (Å²) in [5, 5.41) is 29.8. The zero-order chi connectivity index (χ0) is 24.6. The maximum atomic E-state index is 12.1. The molecule has 0 heterocycles. The van der Waals surface area contributed by atoms with Crippen molar-refractivity contribution in [1.29, 1.82) is 0 Å². The van der Waals surface area contributed by atoms with Gasteiger partial charge in [0.1, 0.15) is 0 Å². The number of nitrogens with zero attached hydrogens (tertiary/aromatic N) is 1. The molecule has 0 aromatic rings. The minimum Gasteiger partial charge on any atom is -0.477 e. The van der Waals surface area contributed by atoms with Gasteiger partial charge in [-0.2, -0.15) is 0 Å². The van der Waals surface area contributed by atoms with E-state index in [1.807, 2.05) is 0 Å². The van der Waals surface area contributed by atoms with Crippen LogP contribution in [0.25, 0.3) is 0 Å². The Balaban J connectivity index is 5.44. The van der Waals surface area contributed by atoms with Crippen LogP contribution < -0.4 is 0 Å². The van der Waals surface area contributed by atoms with Gasteiger partial charge in [0.05, 0.1) is 6.54 Å². The van der Waals surface area contributed by atoms with Gasteiger partial charge in [-0.25, -0.2) is 14.4 Å². The fraction of sp³-hybridized carbons (Fsp3) is 0.800. The molecule has 0 fully saturated rings. The van der Waals surface area contributed by atoms with Gasteiger partial charge in [0.25, 0.3) is 0 Å². The van der Waals surface area contributed by atoms with Crippen molar-refractivity contribution in [3.8, 4) is 0 Å². The van der Waals surface area contributed by atoms with E-state index in [1.165, 1.54) is 32.1 Å². The van der Waals surface area contributed by atoms with Crippen LogP contribution in [0, 0.1) is 0 Å². The summed E-state index contributed by atoms with van der Waals surface area (Å²) in [7, 11) is 0. The highest BCUT2D eigenvalue weighted by Crippen LogP contribution is 2.32. The van der Waals surface area contributed by atoms with Crippen LogP contribution in [0.4, 0.5) is 0 Å². The number of rotatable bonds is 20. The lowest BCUT2D eigenvalue weighted by molar-refractivity contribution is -0.973. The van der Waals surface area contributed by atoms with Gasteiger partial charge in [-0.3, -0.25) is 4.48 Å². The van der Waals surface area contributed by atoms with Gasteiger partial charge in [-0.05, 0) is 19.3 Å². The van der Waals surface area contributed by atoms with E-state index in [-0.39, 0.29) is 25.8 Å². The number of hydrogen-bond donors (Lipinski definition) is 3. The quantitative estimate of drug-likeness (QED) is 0.127. The normalized spacial score (nSPS) is 16.4. The minimum absolute atomic E-state index is 0.177. The number of carboxylic acid groups (broad SMARTS) is 3. The summed E-state index contributed by atoms with van der Waals surface area (Å²) in [5.41, 5.74) is 0. The fourth-order valence-corrected chi connectivity index (χ4v) is 5.04. The number of unbranched alkanes of at least 4 members (excludes halogenated alkanes) is 7. The highest BCUT2D eigenvalue weighted by Gasteiger charge is 2.55. The lowest BCUT2D eigenvalue weighted by Gasteiger charge is -2.49. The summed E-state index contributed by atoms with van der Waals surface area (Å²) in [4.78, 5) is 36.4. The molecule has 7 nitrogen and oxygen atoms in total. The highest BCUT2D eigenvalue weighted by molar-refractivity contribution is 5.78. The first-order chi connectivity index (χ1) is 15.2. The van der Waals surface area contributed by atoms with Crippen molar-refractivity contribution in [3.63, 3.8) is 0 Å². The fourth-order valence-electron chi connectivity index (χ4n) is 5.04. The van der Waals surface area contributed by atoms with Gasteiger partial charge in [0.2, 0.25) is 0 Å². The van der Waals surface area contributed by atoms with Gasteiger partial charge >= 0.3 is 17.9 Å². The average molecular weight is 457 g/mol. The van der Waals surface area contributed by atoms with E-state index in [1.54, 1.807) is 20.8 Å². The largest absolute Gasteiger partial charge is 0.477 e. The van der Waals surface area contributed by atoms with Crippen molar-refractivity contribution < 1.29 is 34.2 Å². The number of aliphatic carboxylic acids is 3. The molecular weight excluding hydrogens is 410 g/mol. The summed E-state index contributed by atoms with van der Waals surface area (Å²) in [6, 6.07) is -3.24. The van der Waals surface area contributed by atoms with Gasteiger partial charge in [0, 0.05) is 25.7 Å². The zero-order valence-electron chi connectivity index (χ0n) is 20.6. The third kappa shape index (κ3) is 8.93. The van der Waals surface area contributed by atoms with Gasteiger partial charge < -0.3 is 15.3 Å². The Bertz CT molecular complexity index is 534. The first kappa shape index (κ1) is 30.1. The molecule has 3 unspecified atom stereocenters. The Morgan fingerprint density at radius 1 is 0.625 bits per heavy atom. The van der Waals surface area contributed by atoms with Gasteiger partial charge in [0.15, 0.2) is 18.1 Å². The van der Waals surface area contributed by atoms with E-state index in [4.69, 9.17) is 0 Å². The summed E-state index contributed by atoms with van der Waals surface area (Å²) in [5.74, 6) is -3.40. The Labute approximate surface area is 194 Å². The molecule has 0 aliphatic heterocycles. The summed E-state index contributed by atoms with van der Waals surface area (Å²) < 4.78 is -0.436. The number of carboxylic acids is 3. The predicted molar refractivity (Wildman–Crippen MR) is 127 cm³/mol. The molecule has 0 rings (SSSR count). The second-order valence-corrected chi connectivity index (χ2v) is 8.68. The maximum Gasteiger partial charge on any atom is 0.362 e. The summed E-state index contributed by atoms with van der Waals surface area (Å²) in [6.07, 6.45) is 14.4. The molecule has 0 aromatic carbocycles. The van der Waals surface area contributed by atoms with Crippen LogP contribution in [0.5, 0.6) is 0 Å². The Hall–Kier alpha value is -1.89. The van der Waals surface area contributed by atoms with Crippen LogP contribution in [-0.4, -0.2) is 62.4 Å². The minimum atomic E-state index is -1.13. The summed E-state index contributed by atoms with van der Waals surface area (Å²) >= 11 is 0. The first-order valence-corrected chi connectivity index (χ1v) is 12.4. The second-order valence-electron chi connectivity index (χ2n) is 8.68. The highest BCUT2D eigenvalue weighted by atomic mass is 16.4. The van der Waals surface area contributed by atoms with E-state index in [0.717, 1.165) is 12.8 Å². The molecule has 0 saturated carbocycles. The molecule has 32 heavy (non-hydrogen) atoms. The molecule has 0 aliphatic carbocycles. The molecule has 3 atom stereocenters. The van der Waals surface area contributed by atoms with Crippen LogP contribution in [-0.2, 0) is 14.4 Å². The number of hydrogen-bond acceptors (Lipinski definition) is 3. The SMILES string of the molecule is CCCCCCCC/C=C/CCC[N+](C(CC)C(=O)O)(C(CC)C(=O)O)C(CC)C(=O)O.